The van der Waals surface area contributed by atoms with E-state index in [-0.39, 0.29) is 5.91 Å². The summed E-state index contributed by atoms with van der Waals surface area (Å²) in [5.41, 5.74) is 2.01. The van der Waals surface area contributed by atoms with Gasteiger partial charge in [0.05, 0.1) is 12.0 Å². The van der Waals surface area contributed by atoms with Crippen molar-refractivity contribution in [2.75, 3.05) is 6.54 Å². The third-order valence-electron chi connectivity index (χ3n) is 3.96. The number of hydrogen-bond donors (Lipinski definition) is 1. The molecule has 1 saturated carbocycles. The zero-order valence-corrected chi connectivity index (χ0v) is 12.6. The number of benzene rings is 1. The highest BCUT2D eigenvalue weighted by molar-refractivity contribution is 5.94. The first-order valence-corrected chi connectivity index (χ1v) is 7.79. The minimum Gasteiger partial charge on any atom is -0.463 e. The first kappa shape index (κ1) is 13.8. The third-order valence-corrected chi connectivity index (χ3v) is 3.96. The number of carbonyl (C=O) groups excluding carboxylic acids is 1. The SMILES string of the molecule is O=C(NCC1CC1)c1cc(-c2ccco2)nn1-c1ccccc1. The second-order valence-electron chi connectivity index (χ2n) is 5.79. The van der Waals surface area contributed by atoms with E-state index in [1.165, 1.54) is 12.8 Å². The molecule has 0 bridgehead atoms. The molecule has 0 aliphatic heterocycles. The van der Waals surface area contributed by atoms with E-state index >= 15 is 0 Å². The lowest BCUT2D eigenvalue weighted by Gasteiger charge is -2.07. The molecule has 0 spiro atoms. The van der Waals surface area contributed by atoms with Crippen LogP contribution in [0.1, 0.15) is 23.3 Å². The van der Waals surface area contributed by atoms with Gasteiger partial charge in [-0.1, -0.05) is 18.2 Å². The van der Waals surface area contributed by atoms with E-state index in [9.17, 15) is 4.79 Å². The Bertz CT molecular complexity index is 802. The van der Waals surface area contributed by atoms with Gasteiger partial charge in [-0.2, -0.15) is 5.10 Å². The van der Waals surface area contributed by atoms with E-state index in [0.29, 0.717) is 23.1 Å². The third kappa shape index (κ3) is 2.90. The van der Waals surface area contributed by atoms with E-state index in [2.05, 4.69) is 10.4 Å². The first-order valence-electron chi connectivity index (χ1n) is 7.79. The van der Waals surface area contributed by atoms with Crippen molar-refractivity contribution < 1.29 is 9.21 Å². The molecule has 1 amide bonds. The van der Waals surface area contributed by atoms with Gasteiger partial charge in [-0.25, -0.2) is 4.68 Å². The van der Waals surface area contributed by atoms with Gasteiger partial charge in [0, 0.05) is 12.6 Å². The van der Waals surface area contributed by atoms with E-state index in [4.69, 9.17) is 4.42 Å². The van der Waals surface area contributed by atoms with Crippen LogP contribution in [0.3, 0.4) is 0 Å². The number of aromatic nitrogens is 2. The van der Waals surface area contributed by atoms with Crippen LogP contribution in [0.15, 0.2) is 59.2 Å². The minimum absolute atomic E-state index is 0.106. The Morgan fingerprint density at radius 3 is 2.74 bits per heavy atom. The quantitative estimate of drug-likeness (QED) is 0.787. The number of carbonyl (C=O) groups is 1. The molecule has 1 aliphatic rings. The van der Waals surface area contributed by atoms with E-state index < -0.39 is 0 Å². The molecule has 3 aromatic rings. The molecule has 2 heterocycles. The standard InChI is InChI=1S/C18H17N3O2/c22-18(19-12-13-8-9-13)16-11-15(17-7-4-10-23-17)20-21(16)14-5-2-1-3-6-14/h1-7,10-11,13H,8-9,12H2,(H,19,22). The number of rotatable bonds is 5. The molecule has 1 fully saturated rings. The summed E-state index contributed by atoms with van der Waals surface area (Å²) >= 11 is 0. The molecule has 0 atom stereocenters. The van der Waals surface area contributed by atoms with Gasteiger partial charge in [0.25, 0.3) is 5.91 Å². The van der Waals surface area contributed by atoms with Crippen molar-refractivity contribution in [1.29, 1.82) is 0 Å². The maximum absolute atomic E-state index is 12.6. The highest BCUT2D eigenvalue weighted by atomic mass is 16.3. The highest BCUT2D eigenvalue weighted by Crippen LogP contribution is 2.28. The van der Waals surface area contributed by atoms with Crippen LogP contribution in [0.2, 0.25) is 0 Å². The first-order chi connectivity index (χ1) is 11.3. The molecular formula is C18H17N3O2. The maximum atomic E-state index is 12.6. The van der Waals surface area contributed by atoms with Crippen molar-refractivity contribution in [2.24, 2.45) is 5.92 Å². The summed E-state index contributed by atoms with van der Waals surface area (Å²) in [6, 6.07) is 15.1. The molecule has 0 radical (unpaired) electrons. The molecule has 4 rings (SSSR count). The van der Waals surface area contributed by atoms with E-state index in [1.54, 1.807) is 17.0 Å². The van der Waals surface area contributed by atoms with Gasteiger partial charge in [0.2, 0.25) is 0 Å². The van der Waals surface area contributed by atoms with Crippen molar-refractivity contribution in [1.82, 2.24) is 15.1 Å². The largest absolute Gasteiger partial charge is 0.463 e. The Balaban J connectivity index is 1.71. The van der Waals surface area contributed by atoms with Gasteiger partial charge in [0.1, 0.15) is 11.4 Å². The molecule has 0 saturated heterocycles. The summed E-state index contributed by atoms with van der Waals surface area (Å²) in [7, 11) is 0. The lowest BCUT2D eigenvalue weighted by Crippen LogP contribution is -2.27. The molecule has 5 nitrogen and oxygen atoms in total. The summed E-state index contributed by atoms with van der Waals surface area (Å²) in [6.45, 7) is 0.731. The number of hydrogen-bond acceptors (Lipinski definition) is 3. The number of para-hydroxylation sites is 1. The Kier molecular flexibility index (Phi) is 3.46. The van der Waals surface area contributed by atoms with Crippen molar-refractivity contribution in [2.45, 2.75) is 12.8 Å². The van der Waals surface area contributed by atoms with Crippen LogP contribution in [0.4, 0.5) is 0 Å². The Morgan fingerprint density at radius 2 is 2.04 bits per heavy atom. The zero-order chi connectivity index (χ0) is 15.6. The summed E-state index contributed by atoms with van der Waals surface area (Å²) < 4.78 is 7.07. The van der Waals surface area contributed by atoms with Gasteiger partial charge in [-0.05, 0) is 43.0 Å². The molecule has 1 aromatic carbocycles. The van der Waals surface area contributed by atoms with Crippen LogP contribution >= 0.6 is 0 Å². The number of furan rings is 1. The van der Waals surface area contributed by atoms with Gasteiger partial charge in [-0.3, -0.25) is 4.79 Å². The Hall–Kier alpha value is -2.82. The van der Waals surface area contributed by atoms with Gasteiger partial charge in [0.15, 0.2) is 5.76 Å². The molecule has 1 N–H and O–H groups in total. The fraction of sp³-hybridized carbons (Fsp3) is 0.222. The van der Waals surface area contributed by atoms with Crippen molar-refractivity contribution in [3.8, 4) is 17.1 Å². The van der Waals surface area contributed by atoms with E-state index in [0.717, 1.165) is 12.2 Å². The smallest absolute Gasteiger partial charge is 0.270 e. The van der Waals surface area contributed by atoms with Crippen LogP contribution in [0, 0.1) is 5.92 Å². The van der Waals surface area contributed by atoms with Crippen LogP contribution in [-0.4, -0.2) is 22.2 Å². The molecule has 116 valence electrons. The van der Waals surface area contributed by atoms with Crippen LogP contribution in [0.25, 0.3) is 17.1 Å². The fourth-order valence-electron chi connectivity index (χ4n) is 2.50. The molecule has 0 unspecified atom stereocenters. The Labute approximate surface area is 133 Å². The highest BCUT2D eigenvalue weighted by Gasteiger charge is 2.24. The lowest BCUT2D eigenvalue weighted by atomic mass is 10.2. The van der Waals surface area contributed by atoms with Crippen LogP contribution in [-0.2, 0) is 0 Å². The van der Waals surface area contributed by atoms with Crippen molar-refractivity contribution in [3.05, 3.63) is 60.5 Å². The second kappa shape index (κ2) is 5.76. The lowest BCUT2D eigenvalue weighted by molar-refractivity contribution is 0.0944. The summed E-state index contributed by atoms with van der Waals surface area (Å²) in [5, 5.41) is 7.55. The average Bonchev–Trinajstić information content (AvgIpc) is 3.08. The van der Waals surface area contributed by atoms with Crippen LogP contribution in [0.5, 0.6) is 0 Å². The van der Waals surface area contributed by atoms with Gasteiger partial charge in [-0.15, -0.1) is 0 Å². The average molecular weight is 307 g/mol. The predicted octanol–water partition coefficient (Wildman–Crippen LogP) is 3.27. The predicted molar refractivity (Wildman–Crippen MR) is 86.3 cm³/mol. The minimum atomic E-state index is -0.106. The van der Waals surface area contributed by atoms with Crippen molar-refractivity contribution >= 4 is 5.91 Å². The number of amides is 1. The number of nitrogens with one attached hydrogen (secondary N) is 1. The van der Waals surface area contributed by atoms with Crippen LogP contribution < -0.4 is 5.32 Å². The molecule has 23 heavy (non-hydrogen) atoms. The molecule has 5 heteroatoms. The normalized spacial score (nSPS) is 13.9. The Morgan fingerprint density at radius 1 is 1.22 bits per heavy atom. The van der Waals surface area contributed by atoms with Gasteiger partial charge >= 0.3 is 0 Å². The monoisotopic (exact) mass is 307 g/mol. The maximum Gasteiger partial charge on any atom is 0.270 e. The fourth-order valence-corrected chi connectivity index (χ4v) is 2.50. The van der Waals surface area contributed by atoms with E-state index in [1.807, 2.05) is 42.5 Å². The van der Waals surface area contributed by atoms with Crippen molar-refractivity contribution in [3.63, 3.8) is 0 Å². The summed E-state index contributed by atoms with van der Waals surface area (Å²) in [5.74, 6) is 1.18. The molecular weight excluding hydrogens is 290 g/mol. The molecule has 2 aromatic heterocycles. The summed E-state index contributed by atoms with van der Waals surface area (Å²) in [4.78, 5) is 12.6. The van der Waals surface area contributed by atoms with Gasteiger partial charge < -0.3 is 9.73 Å². The summed E-state index contributed by atoms with van der Waals surface area (Å²) in [6.07, 6.45) is 4.01. The zero-order valence-electron chi connectivity index (χ0n) is 12.6. The molecule has 1 aliphatic carbocycles. The number of nitrogens with zero attached hydrogens (tertiary/aromatic N) is 2. The second-order valence-corrected chi connectivity index (χ2v) is 5.79. The topological polar surface area (TPSA) is 60.1 Å².